The van der Waals surface area contributed by atoms with Crippen LogP contribution in [0.3, 0.4) is 0 Å². The molecule has 0 radical (unpaired) electrons. The van der Waals surface area contributed by atoms with Crippen molar-refractivity contribution >= 4 is 45.7 Å². The number of Topliss-reactive ketones (excluding diaryl/α,β-unsaturated/α-hetero) is 1. The summed E-state index contributed by atoms with van der Waals surface area (Å²) in [5, 5.41) is 4.46. The highest BCUT2D eigenvalue weighted by Crippen LogP contribution is 2.29. The van der Waals surface area contributed by atoms with Crippen molar-refractivity contribution in [3.63, 3.8) is 0 Å². The Hall–Kier alpha value is -3.17. The smallest absolute Gasteiger partial charge is 0.293 e. The zero-order chi connectivity index (χ0) is 26.0. The van der Waals surface area contributed by atoms with E-state index >= 15 is 0 Å². The maximum Gasteiger partial charge on any atom is 0.293 e. The van der Waals surface area contributed by atoms with Gasteiger partial charge in [0.15, 0.2) is 17.4 Å². The van der Waals surface area contributed by atoms with Gasteiger partial charge in [0.1, 0.15) is 11.6 Å². The number of nitrogens with one attached hydrogen (secondary N) is 1. The topological polar surface area (TPSA) is 98.6 Å². The van der Waals surface area contributed by atoms with Crippen molar-refractivity contribution < 1.29 is 14.3 Å². The molecule has 1 N–H and O–H groups in total. The number of pyridine rings is 1. The maximum absolute atomic E-state index is 13.0. The Morgan fingerprint density at radius 3 is 2.64 bits per heavy atom. The van der Waals surface area contributed by atoms with Crippen LogP contribution >= 0.6 is 11.6 Å². The van der Waals surface area contributed by atoms with Crippen LogP contribution in [0.15, 0.2) is 35.3 Å². The van der Waals surface area contributed by atoms with Crippen LogP contribution in [0.1, 0.15) is 47.1 Å². The molecule has 4 rings (SSSR count). The lowest BCUT2D eigenvalue weighted by molar-refractivity contribution is -0.120. The zero-order valence-corrected chi connectivity index (χ0v) is 22.0. The predicted octanol–water partition coefficient (Wildman–Crippen LogP) is 4.74. The van der Waals surface area contributed by atoms with Crippen molar-refractivity contribution in [1.82, 2.24) is 14.5 Å². The van der Waals surface area contributed by atoms with Crippen molar-refractivity contribution in [1.29, 1.82) is 0 Å². The van der Waals surface area contributed by atoms with E-state index in [0.717, 1.165) is 16.6 Å². The molecule has 1 fully saturated rings. The fourth-order valence-electron chi connectivity index (χ4n) is 4.35. The molecule has 192 valence electrons. The van der Waals surface area contributed by atoms with Gasteiger partial charge in [-0.2, -0.15) is 4.98 Å². The maximum atomic E-state index is 13.0. The summed E-state index contributed by atoms with van der Waals surface area (Å²) in [7, 11) is 0. The highest BCUT2D eigenvalue weighted by atomic mass is 35.5. The van der Waals surface area contributed by atoms with E-state index < -0.39 is 0 Å². The van der Waals surface area contributed by atoms with Gasteiger partial charge in [0.05, 0.1) is 23.9 Å². The zero-order valence-electron chi connectivity index (χ0n) is 21.2. The Morgan fingerprint density at radius 1 is 1.25 bits per heavy atom. The van der Waals surface area contributed by atoms with Crippen molar-refractivity contribution in [2.24, 2.45) is 0 Å². The normalized spacial score (nSPS) is 18.0. The van der Waals surface area contributed by atoms with Crippen molar-refractivity contribution in [2.75, 3.05) is 29.9 Å². The molecule has 2 atom stereocenters. The lowest BCUT2D eigenvalue weighted by Crippen LogP contribution is -2.46. The molecule has 2 aromatic heterocycles. The molecule has 0 unspecified atom stereocenters. The molecule has 3 aromatic rings. The third kappa shape index (κ3) is 5.63. The SMILES string of the molecule is CCC(=O)COc1cc2cc(Nc3nc(N4C[C@@H](C)O[C@@H](C)C4)ncc3Cl)ccc2n(C(C)C)c1=O. The number of benzene rings is 1. The summed E-state index contributed by atoms with van der Waals surface area (Å²) in [6, 6.07) is 7.23. The van der Waals surface area contributed by atoms with E-state index in [1.54, 1.807) is 23.8 Å². The van der Waals surface area contributed by atoms with E-state index in [9.17, 15) is 9.59 Å². The van der Waals surface area contributed by atoms with Gasteiger partial charge in [-0.3, -0.25) is 9.59 Å². The van der Waals surface area contributed by atoms with Gasteiger partial charge in [-0.15, -0.1) is 0 Å². The van der Waals surface area contributed by atoms with Gasteiger partial charge in [-0.1, -0.05) is 18.5 Å². The summed E-state index contributed by atoms with van der Waals surface area (Å²) in [6.07, 6.45) is 2.09. The summed E-state index contributed by atoms with van der Waals surface area (Å²) >= 11 is 6.43. The Kier molecular flexibility index (Phi) is 7.80. The second-order valence-electron chi connectivity index (χ2n) is 9.39. The van der Waals surface area contributed by atoms with Gasteiger partial charge in [-0.25, -0.2) is 4.98 Å². The fourth-order valence-corrected chi connectivity index (χ4v) is 4.49. The number of hydrogen-bond donors (Lipinski definition) is 1. The van der Waals surface area contributed by atoms with Crippen LogP contribution in [-0.4, -0.2) is 52.2 Å². The second-order valence-corrected chi connectivity index (χ2v) is 9.79. The number of anilines is 3. The molecule has 1 aliphatic heterocycles. The molecule has 9 nitrogen and oxygen atoms in total. The number of hydrogen-bond acceptors (Lipinski definition) is 8. The van der Waals surface area contributed by atoms with Gasteiger partial charge >= 0.3 is 0 Å². The van der Waals surface area contributed by atoms with Crippen LogP contribution in [0.4, 0.5) is 17.5 Å². The Balaban J connectivity index is 1.67. The van der Waals surface area contributed by atoms with Crippen LogP contribution in [-0.2, 0) is 9.53 Å². The molecule has 3 heterocycles. The first-order valence-corrected chi connectivity index (χ1v) is 12.6. The van der Waals surface area contributed by atoms with Gasteiger partial charge in [0.2, 0.25) is 5.95 Å². The minimum absolute atomic E-state index is 0.0701. The Bertz CT molecular complexity index is 1320. The minimum atomic E-state index is -0.264. The van der Waals surface area contributed by atoms with E-state index in [1.807, 2.05) is 45.9 Å². The number of halogens is 1. The molecule has 0 amide bonds. The third-order valence-corrected chi connectivity index (χ3v) is 6.28. The third-order valence-electron chi connectivity index (χ3n) is 6.00. The lowest BCUT2D eigenvalue weighted by Gasteiger charge is -2.35. The largest absolute Gasteiger partial charge is 0.480 e. The summed E-state index contributed by atoms with van der Waals surface area (Å²) < 4.78 is 13.1. The van der Waals surface area contributed by atoms with Crippen LogP contribution in [0.2, 0.25) is 5.02 Å². The molecule has 10 heteroatoms. The van der Waals surface area contributed by atoms with E-state index in [4.69, 9.17) is 21.1 Å². The summed E-state index contributed by atoms with van der Waals surface area (Å²) in [4.78, 5) is 36.0. The standard InChI is InChI=1S/C26H32ClN5O4/c1-6-20(33)14-35-23-10-18-9-19(7-8-22(18)32(15(2)3)25(23)34)29-24-21(27)11-28-26(30-24)31-12-16(4)36-17(5)13-31/h7-11,15-17H,6,12-14H2,1-5H3,(H,28,29,30)/t16-,17+. The number of carbonyl (C=O) groups is 1. The molecule has 0 saturated carbocycles. The van der Waals surface area contributed by atoms with Gasteiger partial charge < -0.3 is 24.3 Å². The average Bonchev–Trinajstić information content (AvgIpc) is 2.83. The van der Waals surface area contributed by atoms with Crippen LogP contribution < -0.4 is 20.5 Å². The first kappa shape index (κ1) is 25.9. The second kappa shape index (κ2) is 10.8. The molecule has 0 aliphatic carbocycles. The van der Waals surface area contributed by atoms with Gasteiger partial charge in [0, 0.05) is 36.6 Å². The van der Waals surface area contributed by atoms with Crippen molar-refractivity contribution in [3.8, 4) is 5.75 Å². The number of nitrogens with zero attached hydrogens (tertiary/aromatic N) is 4. The number of carbonyl (C=O) groups excluding carboxylic acids is 1. The van der Waals surface area contributed by atoms with Crippen molar-refractivity contribution in [2.45, 2.75) is 59.3 Å². The number of rotatable bonds is 8. The van der Waals surface area contributed by atoms with E-state index in [1.165, 1.54) is 0 Å². The summed E-state index contributed by atoms with van der Waals surface area (Å²) in [5.41, 5.74) is 1.24. The highest BCUT2D eigenvalue weighted by Gasteiger charge is 2.24. The monoisotopic (exact) mass is 513 g/mol. The number of fused-ring (bicyclic) bond motifs is 1. The average molecular weight is 514 g/mol. The van der Waals surface area contributed by atoms with Crippen LogP contribution in [0, 0.1) is 0 Å². The summed E-state index contributed by atoms with van der Waals surface area (Å²) in [6.45, 7) is 10.9. The molecule has 0 spiro atoms. The molecule has 1 aromatic carbocycles. The fraction of sp³-hybridized carbons (Fsp3) is 0.462. The minimum Gasteiger partial charge on any atom is -0.480 e. The molecule has 1 aliphatic rings. The van der Waals surface area contributed by atoms with Gasteiger partial charge in [0.25, 0.3) is 5.56 Å². The first-order valence-electron chi connectivity index (χ1n) is 12.2. The quantitative estimate of drug-likeness (QED) is 0.461. The lowest BCUT2D eigenvalue weighted by atomic mass is 10.1. The molecule has 0 bridgehead atoms. The number of ether oxygens (including phenoxy) is 2. The van der Waals surface area contributed by atoms with Crippen LogP contribution in [0.25, 0.3) is 10.9 Å². The van der Waals surface area contributed by atoms with E-state index in [2.05, 4.69) is 20.2 Å². The van der Waals surface area contributed by atoms with Crippen molar-refractivity contribution in [3.05, 3.63) is 45.8 Å². The molecular weight excluding hydrogens is 482 g/mol. The number of aromatic nitrogens is 3. The van der Waals surface area contributed by atoms with Gasteiger partial charge in [-0.05, 0) is 52.0 Å². The van der Waals surface area contributed by atoms with E-state index in [0.29, 0.717) is 36.3 Å². The predicted molar refractivity (Wildman–Crippen MR) is 142 cm³/mol. The Labute approximate surface area is 215 Å². The first-order chi connectivity index (χ1) is 17.2. The highest BCUT2D eigenvalue weighted by molar-refractivity contribution is 6.32. The number of ketones is 1. The molecule has 36 heavy (non-hydrogen) atoms. The van der Waals surface area contributed by atoms with Crippen LogP contribution in [0.5, 0.6) is 5.75 Å². The molecular formula is C26H32ClN5O4. The summed E-state index contributed by atoms with van der Waals surface area (Å²) in [5.74, 6) is 1.14. The Morgan fingerprint density at radius 2 is 1.97 bits per heavy atom. The molecule has 1 saturated heterocycles. The number of morpholine rings is 1. The van der Waals surface area contributed by atoms with E-state index in [-0.39, 0.29) is 41.9 Å².